The predicted molar refractivity (Wildman–Crippen MR) is 254 cm³/mol. The van der Waals surface area contributed by atoms with Crippen LogP contribution in [0, 0.1) is 0 Å². The Morgan fingerprint density at radius 1 is 0.686 bits per heavy atom. The van der Waals surface area contributed by atoms with Gasteiger partial charge in [-0.3, -0.25) is 19.7 Å². The number of amides is 1. The van der Waals surface area contributed by atoms with Crippen LogP contribution in [0.2, 0.25) is 10.0 Å². The third kappa shape index (κ3) is 9.79. The van der Waals surface area contributed by atoms with Crippen molar-refractivity contribution in [2.75, 3.05) is 45.9 Å². The third-order valence-corrected chi connectivity index (χ3v) is 15.5. The van der Waals surface area contributed by atoms with Crippen LogP contribution in [0.15, 0.2) is 124 Å². The first-order valence-electron chi connectivity index (χ1n) is 22.6. The van der Waals surface area contributed by atoms with Gasteiger partial charge in [-0.2, -0.15) is 39.8 Å². The Kier molecular flexibility index (Phi) is 14.5. The van der Waals surface area contributed by atoms with Gasteiger partial charge >= 0.3 is 22.4 Å². The molecule has 20 heteroatoms. The van der Waals surface area contributed by atoms with Crippen molar-refractivity contribution in [2.45, 2.75) is 69.1 Å². The fraction of sp³-hybridized carbons (Fsp3) is 0.340. The molecule has 0 aromatic heterocycles. The lowest BCUT2D eigenvalue weighted by molar-refractivity contribution is -0.947. The Morgan fingerprint density at radius 2 is 1.19 bits per heavy atom. The number of piperazine rings is 1. The summed E-state index contributed by atoms with van der Waals surface area (Å²) < 4.78 is 130. The van der Waals surface area contributed by atoms with Crippen LogP contribution in [-0.4, -0.2) is 97.4 Å². The first kappa shape index (κ1) is 50.6. The summed E-state index contributed by atoms with van der Waals surface area (Å²) in [7, 11) is -4.80. The molecule has 0 bridgehead atoms. The van der Waals surface area contributed by atoms with Crippen LogP contribution in [0.1, 0.15) is 78.2 Å². The Balaban J connectivity index is 1.43. The van der Waals surface area contributed by atoms with E-state index in [9.17, 15) is 31.1 Å². The molecule has 5 aromatic rings. The molecular formula is C50H49Cl2F6N6O5S+. The van der Waals surface area contributed by atoms with Crippen molar-refractivity contribution in [3.05, 3.63) is 158 Å². The van der Waals surface area contributed by atoms with Crippen LogP contribution in [0.4, 0.5) is 26.3 Å². The van der Waals surface area contributed by atoms with Crippen molar-refractivity contribution in [2.24, 2.45) is 9.98 Å². The molecule has 8 rings (SSSR count). The molecule has 1 saturated heterocycles. The first-order valence-corrected chi connectivity index (χ1v) is 24.8. The van der Waals surface area contributed by atoms with Crippen molar-refractivity contribution in [1.82, 2.24) is 14.8 Å². The zero-order chi connectivity index (χ0) is 50.2. The standard InChI is InChI=1S/C50H49Cl2F6N6O5S/c1-4-7-32-8-20-39(21-9-32)70(66,67)64(63-29-43(34-12-18-38(52)19-13-34)60-48(63)41-23-15-36(50(56,57)58)27-45(41)69-6-3)25-24-61(31-65)30-46(64)62-28-42(33-10-16-37(51)17-11-33)59-47(62)40-22-14-35(49(53,54)55)26-44(40)68-5-2/h8-23,26-27,31,42-43,46H,4-7,24-25,28-30H2,1-3H3/q+1. The number of ether oxygens (including phenoxy) is 2. The lowest BCUT2D eigenvalue weighted by atomic mass is 10.1. The smallest absolute Gasteiger partial charge is 0.416 e. The second-order valence-corrected chi connectivity index (χ2v) is 19.9. The zero-order valence-corrected chi connectivity index (χ0v) is 40.6. The van der Waals surface area contributed by atoms with Crippen LogP contribution >= 0.6 is 23.2 Å². The number of sulfonamides is 1. The number of amidine groups is 2. The van der Waals surface area contributed by atoms with Gasteiger partial charge in [-0.25, -0.2) is 0 Å². The van der Waals surface area contributed by atoms with Gasteiger partial charge in [0.25, 0.3) is 0 Å². The summed E-state index contributed by atoms with van der Waals surface area (Å²) in [6, 6.07) is 24.3. The number of nitrogens with zero attached hydrogens (tertiary/aromatic N) is 6. The highest BCUT2D eigenvalue weighted by Crippen LogP contribution is 2.46. The fourth-order valence-corrected chi connectivity index (χ4v) is 11.7. The highest BCUT2D eigenvalue weighted by Gasteiger charge is 2.63. The number of rotatable bonds is 15. The minimum absolute atomic E-state index is 0.0238. The quantitative estimate of drug-likeness (QED) is 0.0584. The highest BCUT2D eigenvalue weighted by molar-refractivity contribution is 7.86. The van der Waals surface area contributed by atoms with Gasteiger partial charge in [-0.15, -0.1) is 0 Å². The van der Waals surface area contributed by atoms with E-state index in [2.05, 4.69) is 0 Å². The maximum atomic E-state index is 16.5. The number of benzene rings is 5. The van der Waals surface area contributed by atoms with Crippen LogP contribution in [0.25, 0.3) is 0 Å². The normalized spacial score (nSPS) is 20.9. The summed E-state index contributed by atoms with van der Waals surface area (Å²) >= 11 is 12.6. The molecule has 0 spiro atoms. The molecule has 70 heavy (non-hydrogen) atoms. The predicted octanol–water partition coefficient (Wildman–Crippen LogP) is 11.0. The lowest BCUT2D eigenvalue weighted by Crippen LogP contribution is -2.78. The molecule has 4 unspecified atom stereocenters. The van der Waals surface area contributed by atoms with Gasteiger partial charge in [-0.1, -0.05) is 76.9 Å². The molecule has 3 aliphatic rings. The van der Waals surface area contributed by atoms with E-state index in [0.717, 1.165) is 36.2 Å². The Bertz CT molecular complexity index is 2890. The average Bonchev–Trinajstić information content (AvgIpc) is 3.98. The number of alkyl halides is 6. The summed E-state index contributed by atoms with van der Waals surface area (Å²) in [5.74, 6) is -0.338. The van der Waals surface area contributed by atoms with Crippen molar-refractivity contribution < 1.29 is 53.0 Å². The van der Waals surface area contributed by atoms with Gasteiger partial charge in [-0.05, 0) is 110 Å². The van der Waals surface area contributed by atoms with Gasteiger partial charge in [0.2, 0.25) is 12.6 Å². The third-order valence-electron chi connectivity index (χ3n) is 12.7. The molecule has 1 fully saturated rings. The van der Waals surface area contributed by atoms with Gasteiger partial charge in [0.15, 0.2) is 5.84 Å². The van der Waals surface area contributed by atoms with Crippen molar-refractivity contribution in [3.8, 4) is 11.5 Å². The zero-order valence-electron chi connectivity index (χ0n) is 38.2. The molecule has 3 aliphatic heterocycles. The minimum Gasteiger partial charge on any atom is -0.493 e. The minimum atomic E-state index is -4.80. The van der Waals surface area contributed by atoms with Crippen LogP contribution in [-0.2, 0) is 33.6 Å². The van der Waals surface area contributed by atoms with Crippen LogP contribution < -0.4 is 9.47 Å². The number of hydrogen-bond acceptors (Lipinski definition) is 9. The Labute approximate surface area is 412 Å². The summed E-state index contributed by atoms with van der Waals surface area (Å²) in [6.45, 7) is 4.14. The average molecular weight is 1030 g/mol. The second-order valence-electron chi connectivity index (χ2n) is 17.0. The fourth-order valence-electron chi connectivity index (χ4n) is 9.33. The number of carbonyl (C=O) groups excluding carboxylic acids is 1. The number of quaternary nitrogens is 1. The van der Waals surface area contributed by atoms with E-state index >= 15 is 8.42 Å². The largest absolute Gasteiger partial charge is 0.493 e. The molecule has 0 saturated carbocycles. The number of hydrogen-bond donors (Lipinski definition) is 0. The van der Waals surface area contributed by atoms with Crippen molar-refractivity contribution in [1.29, 1.82) is 0 Å². The number of carbonyl (C=O) groups is 1. The second kappa shape index (κ2) is 20.1. The van der Waals surface area contributed by atoms with Crippen molar-refractivity contribution >= 4 is 51.3 Å². The number of halogens is 8. The maximum absolute atomic E-state index is 16.5. The van der Waals surface area contributed by atoms with E-state index in [1.807, 2.05) is 6.92 Å². The SMILES string of the molecule is CCCc1ccc(S(=O)(=O)[N+]2(N3CC(c4ccc(Cl)cc4)N=C3c3ccc(C(F)(F)F)cc3OCC)CCN(C=O)CC2N2CC(c3ccc(Cl)cc3)N=C2c2ccc(C(F)(F)F)cc2OCC)cc1. The highest BCUT2D eigenvalue weighted by atomic mass is 35.5. The van der Waals surface area contributed by atoms with Crippen LogP contribution in [0.5, 0.6) is 11.5 Å². The molecular weight excluding hydrogens is 982 g/mol. The van der Waals surface area contributed by atoms with E-state index in [0.29, 0.717) is 34.0 Å². The van der Waals surface area contributed by atoms with Gasteiger partial charge in [0.1, 0.15) is 34.8 Å². The summed E-state index contributed by atoms with van der Waals surface area (Å²) in [4.78, 5) is 26.3. The Morgan fingerprint density at radius 3 is 1.67 bits per heavy atom. The molecule has 0 N–H and O–H groups in total. The van der Waals surface area contributed by atoms with E-state index < -0.39 is 55.7 Å². The first-order chi connectivity index (χ1) is 33.3. The molecule has 5 aromatic carbocycles. The topological polar surface area (TPSA) is 104 Å². The lowest BCUT2D eigenvalue weighted by Gasteiger charge is -2.54. The summed E-state index contributed by atoms with van der Waals surface area (Å²) in [5, 5.41) is 2.39. The maximum Gasteiger partial charge on any atom is 0.416 e. The molecule has 370 valence electrons. The summed E-state index contributed by atoms with van der Waals surface area (Å²) in [6.07, 6.45) is -8.85. The summed E-state index contributed by atoms with van der Waals surface area (Å²) in [5.41, 5.74) is 0.299. The monoisotopic (exact) mass is 1030 g/mol. The van der Waals surface area contributed by atoms with Gasteiger partial charge in [0, 0.05) is 10.0 Å². The van der Waals surface area contributed by atoms with E-state index in [4.69, 9.17) is 42.7 Å². The molecule has 0 aliphatic carbocycles. The van der Waals surface area contributed by atoms with E-state index in [1.54, 1.807) is 84.4 Å². The molecule has 0 radical (unpaired) electrons. The van der Waals surface area contributed by atoms with E-state index in [-0.39, 0.29) is 85.1 Å². The van der Waals surface area contributed by atoms with E-state index in [1.165, 1.54) is 29.2 Å². The molecule has 3 heterocycles. The van der Waals surface area contributed by atoms with Crippen LogP contribution in [0.3, 0.4) is 0 Å². The molecule has 4 atom stereocenters. The Hall–Kier alpha value is -5.82. The molecule has 11 nitrogen and oxygen atoms in total. The van der Waals surface area contributed by atoms with Gasteiger partial charge in [0.05, 0.1) is 67.7 Å². The number of aryl methyl sites for hydroxylation is 1. The van der Waals surface area contributed by atoms with Gasteiger partial charge < -0.3 is 14.4 Å². The molecule has 1 amide bonds. The number of aliphatic imine (C=N–C) groups is 2. The van der Waals surface area contributed by atoms with Crippen molar-refractivity contribution in [3.63, 3.8) is 0 Å².